The summed E-state index contributed by atoms with van der Waals surface area (Å²) in [6, 6.07) is 11.7. The average molecular weight is 498 g/mol. The van der Waals surface area contributed by atoms with Crippen LogP contribution in [0.2, 0.25) is 0 Å². The number of carboxylic acids is 1. The molecule has 2 heterocycles. The molecule has 0 aliphatic carbocycles. The lowest BCUT2D eigenvalue weighted by atomic mass is 10.0. The van der Waals surface area contributed by atoms with Crippen molar-refractivity contribution in [3.8, 4) is 17.2 Å². The normalized spacial score (nSPS) is 11.6. The van der Waals surface area contributed by atoms with E-state index in [1.165, 1.54) is 37.1 Å². The van der Waals surface area contributed by atoms with E-state index in [0.29, 0.717) is 27.5 Å². The second kappa shape index (κ2) is 9.10. The van der Waals surface area contributed by atoms with Crippen molar-refractivity contribution >= 4 is 28.9 Å². The highest BCUT2D eigenvalue weighted by atomic mass is 32.2. The van der Waals surface area contributed by atoms with Gasteiger partial charge >= 0.3 is 11.7 Å². The van der Waals surface area contributed by atoms with E-state index in [-0.39, 0.29) is 17.0 Å². The van der Waals surface area contributed by atoms with Crippen molar-refractivity contribution in [2.24, 2.45) is 0 Å². The minimum absolute atomic E-state index is 0.0244. The average Bonchev–Trinajstić information content (AvgIpc) is 3.15. The Kier molecular flexibility index (Phi) is 6.33. The second-order valence-corrected chi connectivity index (χ2v) is 10.0. The number of pyridine rings is 1. The molecule has 2 aromatic heterocycles. The number of nitrogens with zero attached hydrogens (tertiary/aromatic N) is 2. The minimum Gasteiger partial charge on any atom is -0.496 e. The maximum absolute atomic E-state index is 15.3. The molecule has 0 spiro atoms. The third kappa shape index (κ3) is 4.37. The molecule has 0 amide bonds. The summed E-state index contributed by atoms with van der Waals surface area (Å²) in [5.74, 6) is -0.966. The third-order valence-electron chi connectivity index (χ3n) is 5.66. The lowest BCUT2D eigenvalue weighted by molar-refractivity contribution is 0.0690. The number of halogens is 1. The summed E-state index contributed by atoms with van der Waals surface area (Å²) < 4.78 is 26.8. The Hall–Kier alpha value is -3.79. The number of aromatic nitrogens is 3. The predicted molar refractivity (Wildman–Crippen MR) is 132 cm³/mol. The topological polar surface area (TPSA) is 106 Å². The number of H-pyrrole nitrogens is 1. The van der Waals surface area contributed by atoms with E-state index >= 15 is 4.39 Å². The molecule has 35 heavy (non-hydrogen) atoms. The van der Waals surface area contributed by atoms with E-state index < -0.39 is 22.2 Å². The van der Waals surface area contributed by atoms with Gasteiger partial charge in [-0.25, -0.2) is 23.5 Å². The maximum atomic E-state index is 15.3. The molecule has 2 aromatic carbocycles. The summed E-state index contributed by atoms with van der Waals surface area (Å²) in [5, 5.41) is 9.42. The summed E-state index contributed by atoms with van der Waals surface area (Å²) in [5.41, 5.74) is 0.827. The first kappa shape index (κ1) is 24.3. The number of benzene rings is 2. The largest absolute Gasteiger partial charge is 0.496 e. The van der Waals surface area contributed by atoms with Crippen molar-refractivity contribution in [1.29, 1.82) is 0 Å². The van der Waals surface area contributed by atoms with Crippen LogP contribution in [0.5, 0.6) is 11.5 Å². The smallest absolute Gasteiger partial charge is 0.354 e. The fourth-order valence-corrected chi connectivity index (χ4v) is 5.21. The molecule has 4 rings (SSSR count). The van der Waals surface area contributed by atoms with Gasteiger partial charge < -0.3 is 19.6 Å². The number of carbonyl (C=O) groups is 1. The monoisotopic (exact) mass is 497 g/mol. The van der Waals surface area contributed by atoms with Gasteiger partial charge in [0.05, 0.1) is 30.3 Å². The molecular weight excluding hydrogens is 473 g/mol. The molecular formula is C25H24FN3O5S. The number of para-hydroxylation sites is 1. The van der Waals surface area contributed by atoms with Crippen LogP contribution in [0.1, 0.15) is 35.5 Å². The lowest BCUT2D eigenvalue weighted by Gasteiger charge is -2.27. The van der Waals surface area contributed by atoms with Crippen LogP contribution in [0, 0.1) is 12.7 Å². The fraction of sp³-hybridized carbons (Fsp3) is 0.240. The summed E-state index contributed by atoms with van der Waals surface area (Å²) in [6.07, 6.45) is 0. The number of carboxylic acid groups (broad SMARTS) is 1. The van der Waals surface area contributed by atoms with Gasteiger partial charge in [0.2, 0.25) is 0 Å². The van der Waals surface area contributed by atoms with Gasteiger partial charge in [0.1, 0.15) is 11.5 Å². The Morgan fingerprint density at radius 2 is 1.83 bits per heavy atom. The standard InChI is InChI=1S/C25H24FN3O5S/c1-13-10-16(23(30)31)27-22-21(13)28-24(32)29(22)17-12-20(19(34-5)11-15(17)26)35-25(2,3)14-8-6-7-9-18(14)33-4/h6-12H,1-5H3,(H,28,32)(H,30,31). The van der Waals surface area contributed by atoms with Crippen LogP contribution in [0.15, 0.2) is 52.2 Å². The molecule has 0 aliphatic heterocycles. The van der Waals surface area contributed by atoms with Gasteiger partial charge in [-0.15, -0.1) is 11.8 Å². The maximum Gasteiger partial charge on any atom is 0.354 e. The number of aromatic carboxylic acids is 1. The quantitative estimate of drug-likeness (QED) is 0.350. The van der Waals surface area contributed by atoms with Crippen molar-refractivity contribution in [1.82, 2.24) is 14.5 Å². The van der Waals surface area contributed by atoms with Crippen molar-refractivity contribution in [2.75, 3.05) is 14.2 Å². The van der Waals surface area contributed by atoms with Gasteiger partial charge in [-0.2, -0.15) is 0 Å². The zero-order valence-corrected chi connectivity index (χ0v) is 20.6. The van der Waals surface area contributed by atoms with Crippen LogP contribution >= 0.6 is 11.8 Å². The number of rotatable bonds is 7. The predicted octanol–water partition coefficient (Wildman–Crippen LogP) is 4.90. The molecule has 4 aromatic rings. The molecule has 0 fully saturated rings. The minimum atomic E-state index is -1.25. The number of nitrogens with one attached hydrogen (secondary N) is 1. The first-order valence-electron chi connectivity index (χ1n) is 10.6. The molecule has 0 aliphatic rings. The van der Waals surface area contributed by atoms with E-state index in [9.17, 15) is 14.7 Å². The van der Waals surface area contributed by atoms with E-state index in [2.05, 4.69) is 9.97 Å². The summed E-state index contributed by atoms with van der Waals surface area (Å²) in [7, 11) is 3.04. The zero-order valence-electron chi connectivity index (χ0n) is 19.8. The van der Waals surface area contributed by atoms with E-state index in [0.717, 1.165) is 10.1 Å². The van der Waals surface area contributed by atoms with Crippen molar-refractivity contribution in [3.63, 3.8) is 0 Å². The van der Waals surface area contributed by atoms with Crippen LogP contribution in [-0.4, -0.2) is 39.8 Å². The van der Waals surface area contributed by atoms with Crippen LogP contribution in [0.25, 0.3) is 16.9 Å². The number of aromatic amines is 1. The summed E-state index contributed by atoms with van der Waals surface area (Å²) >= 11 is 1.41. The first-order chi connectivity index (χ1) is 16.6. The van der Waals surface area contributed by atoms with E-state index in [1.54, 1.807) is 14.0 Å². The Bertz CT molecular complexity index is 1510. The van der Waals surface area contributed by atoms with Gasteiger partial charge in [-0.05, 0) is 44.5 Å². The molecule has 0 bridgehead atoms. The van der Waals surface area contributed by atoms with Crippen LogP contribution < -0.4 is 15.2 Å². The first-order valence-corrected chi connectivity index (χ1v) is 11.4. The zero-order chi connectivity index (χ0) is 25.5. The van der Waals surface area contributed by atoms with Crippen molar-refractivity contribution in [3.05, 3.63) is 75.6 Å². The molecule has 0 saturated carbocycles. The van der Waals surface area contributed by atoms with Crippen molar-refractivity contribution < 1.29 is 23.8 Å². The Balaban J connectivity index is 1.91. The molecule has 2 N–H and O–H groups in total. The highest BCUT2D eigenvalue weighted by Crippen LogP contribution is 2.47. The Morgan fingerprint density at radius 3 is 2.49 bits per heavy atom. The Morgan fingerprint density at radius 1 is 1.14 bits per heavy atom. The number of imidazole rings is 1. The summed E-state index contributed by atoms with van der Waals surface area (Å²) in [6.45, 7) is 5.65. The van der Waals surface area contributed by atoms with Crippen molar-refractivity contribution in [2.45, 2.75) is 30.4 Å². The fourth-order valence-electron chi connectivity index (χ4n) is 3.97. The number of aryl methyl sites for hydroxylation is 1. The lowest BCUT2D eigenvalue weighted by Crippen LogP contribution is -2.17. The Labute approximate surface area is 204 Å². The summed E-state index contributed by atoms with van der Waals surface area (Å²) in [4.78, 5) is 31.7. The number of hydrogen-bond donors (Lipinski definition) is 2. The van der Waals surface area contributed by atoms with Gasteiger partial charge in [0, 0.05) is 16.4 Å². The van der Waals surface area contributed by atoms with Crippen LogP contribution in [0.4, 0.5) is 4.39 Å². The molecule has 10 heteroatoms. The number of fused-ring (bicyclic) bond motifs is 1. The molecule has 0 atom stereocenters. The molecule has 8 nitrogen and oxygen atoms in total. The van der Waals surface area contributed by atoms with Gasteiger partial charge in [0.15, 0.2) is 17.2 Å². The van der Waals surface area contributed by atoms with Gasteiger partial charge in [-0.3, -0.25) is 0 Å². The van der Waals surface area contributed by atoms with E-state index in [4.69, 9.17) is 9.47 Å². The van der Waals surface area contributed by atoms with E-state index in [1.807, 2.05) is 38.1 Å². The van der Waals surface area contributed by atoms with Gasteiger partial charge in [0.25, 0.3) is 0 Å². The highest BCUT2D eigenvalue weighted by molar-refractivity contribution is 8.00. The molecule has 182 valence electrons. The van der Waals surface area contributed by atoms with Gasteiger partial charge in [-0.1, -0.05) is 18.2 Å². The number of ether oxygens (including phenoxy) is 2. The third-order valence-corrected chi connectivity index (χ3v) is 6.93. The molecule has 0 unspecified atom stereocenters. The highest BCUT2D eigenvalue weighted by Gasteiger charge is 2.28. The van der Waals surface area contributed by atoms with Crippen LogP contribution in [0.3, 0.4) is 0 Å². The number of thioether (sulfide) groups is 1. The molecule has 0 radical (unpaired) electrons. The second-order valence-electron chi connectivity index (χ2n) is 8.36. The van der Waals surface area contributed by atoms with Crippen LogP contribution in [-0.2, 0) is 4.75 Å². The SMILES string of the molecule is COc1cc(F)c(-n2c(=O)[nH]c3c(C)cc(C(=O)O)nc32)cc1SC(C)(C)c1ccccc1OC. The number of hydrogen-bond acceptors (Lipinski definition) is 6. The number of methoxy groups -OCH3 is 2. The molecule has 0 saturated heterocycles.